The van der Waals surface area contributed by atoms with E-state index in [1.165, 1.54) is 0 Å². The van der Waals surface area contributed by atoms with E-state index < -0.39 is 0 Å². The third-order valence-electron chi connectivity index (χ3n) is 5.45. The molecule has 0 aromatic heterocycles. The fourth-order valence-electron chi connectivity index (χ4n) is 3.64. The van der Waals surface area contributed by atoms with Crippen LogP contribution < -0.4 is 5.73 Å². The van der Waals surface area contributed by atoms with Crippen molar-refractivity contribution < 1.29 is 9.47 Å². The van der Waals surface area contributed by atoms with E-state index in [9.17, 15) is 0 Å². The van der Waals surface area contributed by atoms with Crippen LogP contribution in [0, 0.1) is 5.41 Å². The predicted octanol–water partition coefficient (Wildman–Crippen LogP) is 2.02. The van der Waals surface area contributed by atoms with E-state index in [-0.39, 0.29) is 11.0 Å². The maximum atomic E-state index is 6.67. The first-order valence-electron chi connectivity index (χ1n) is 8.17. The normalized spacial score (nSPS) is 35.0. The molecule has 1 saturated heterocycles. The Morgan fingerprint density at radius 1 is 1.10 bits per heavy atom. The highest BCUT2D eigenvalue weighted by molar-refractivity contribution is 5.14. The summed E-state index contributed by atoms with van der Waals surface area (Å²) in [4.78, 5) is 2.51. The van der Waals surface area contributed by atoms with Crippen LogP contribution >= 0.6 is 0 Å². The molecule has 1 saturated carbocycles. The molecule has 0 bridgehead atoms. The van der Waals surface area contributed by atoms with Gasteiger partial charge < -0.3 is 20.1 Å². The summed E-state index contributed by atoms with van der Waals surface area (Å²) in [6.07, 6.45) is 4.03. The lowest BCUT2D eigenvalue weighted by atomic mass is 9.54. The molecule has 0 spiro atoms. The summed E-state index contributed by atoms with van der Waals surface area (Å²) in [6.45, 7) is 13.5. The van der Waals surface area contributed by atoms with Crippen LogP contribution in [0.1, 0.15) is 47.0 Å². The van der Waals surface area contributed by atoms with Crippen molar-refractivity contribution in [2.45, 2.75) is 64.7 Å². The van der Waals surface area contributed by atoms with Crippen molar-refractivity contribution in [3.8, 4) is 0 Å². The highest BCUT2D eigenvalue weighted by Crippen LogP contribution is 2.50. The summed E-state index contributed by atoms with van der Waals surface area (Å²) in [5.41, 5.74) is 6.64. The van der Waals surface area contributed by atoms with Crippen molar-refractivity contribution in [1.82, 2.24) is 4.90 Å². The number of ether oxygens (including phenoxy) is 2. The Balaban J connectivity index is 1.82. The molecular weight excluding hydrogens is 252 g/mol. The molecule has 2 unspecified atom stereocenters. The van der Waals surface area contributed by atoms with E-state index in [0.717, 1.165) is 52.1 Å². The Morgan fingerprint density at radius 3 is 2.20 bits per heavy atom. The van der Waals surface area contributed by atoms with E-state index in [2.05, 4.69) is 32.6 Å². The Bertz CT molecular complexity index is 314. The summed E-state index contributed by atoms with van der Waals surface area (Å²) < 4.78 is 11.5. The van der Waals surface area contributed by atoms with Gasteiger partial charge in [-0.3, -0.25) is 0 Å². The average molecular weight is 284 g/mol. The molecule has 2 atom stereocenters. The number of hydrogen-bond donors (Lipinski definition) is 1. The Morgan fingerprint density at radius 2 is 1.70 bits per heavy atom. The standard InChI is InChI=1S/C16H32N2O2/c1-5-19-13-7-9-18(10-8-13)12-16(17)11-14(20-6-2)15(16,3)4/h13-14H,5-12,17H2,1-4H3. The molecule has 0 radical (unpaired) electrons. The maximum absolute atomic E-state index is 6.67. The maximum Gasteiger partial charge on any atom is 0.0662 e. The van der Waals surface area contributed by atoms with Crippen molar-refractivity contribution in [3.05, 3.63) is 0 Å². The largest absolute Gasteiger partial charge is 0.378 e. The molecule has 1 heterocycles. The topological polar surface area (TPSA) is 47.7 Å². The zero-order chi connectivity index (χ0) is 14.8. The van der Waals surface area contributed by atoms with Crippen molar-refractivity contribution >= 4 is 0 Å². The van der Waals surface area contributed by atoms with Crippen molar-refractivity contribution in [2.75, 3.05) is 32.8 Å². The zero-order valence-electron chi connectivity index (χ0n) is 13.7. The predicted molar refractivity (Wildman–Crippen MR) is 81.8 cm³/mol. The summed E-state index contributed by atoms with van der Waals surface area (Å²) in [7, 11) is 0. The number of piperidine rings is 1. The highest BCUT2D eigenvalue weighted by atomic mass is 16.5. The molecule has 1 aliphatic carbocycles. The summed E-state index contributed by atoms with van der Waals surface area (Å²) >= 11 is 0. The second-order valence-corrected chi connectivity index (χ2v) is 6.96. The van der Waals surface area contributed by atoms with E-state index in [1.807, 2.05) is 0 Å². The number of nitrogens with zero attached hydrogens (tertiary/aromatic N) is 1. The Kier molecular flexibility index (Phi) is 5.11. The quantitative estimate of drug-likeness (QED) is 0.810. The second-order valence-electron chi connectivity index (χ2n) is 6.96. The van der Waals surface area contributed by atoms with Crippen LogP contribution in [0.3, 0.4) is 0 Å². The van der Waals surface area contributed by atoms with Crippen molar-refractivity contribution in [1.29, 1.82) is 0 Å². The van der Waals surface area contributed by atoms with Gasteiger partial charge in [0.25, 0.3) is 0 Å². The summed E-state index contributed by atoms with van der Waals surface area (Å²) in [5.74, 6) is 0. The molecule has 20 heavy (non-hydrogen) atoms. The molecule has 1 aliphatic heterocycles. The minimum absolute atomic E-state index is 0.0692. The fourth-order valence-corrected chi connectivity index (χ4v) is 3.64. The lowest BCUT2D eigenvalue weighted by Crippen LogP contribution is -2.73. The molecule has 2 N–H and O–H groups in total. The van der Waals surface area contributed by atoms with Gasteiger partial charge in [0, 0.05) is 43.8 Å². The summed E-state index contributed by atoms with van der Waals surface area (Å²) in [5, 5.41) is 0. The smallest absolute Gasteiger partial charge is 0.0662 e. The number of rotatable bonds is 6. The Hall–Kier alpha value is -0.160. The Labute approximate surface area is 124 Å². The zero-order valence-corrected chi connectivity index (χ0v) is 13.7. The second kappa shape index (κ2) is 6.30. The van der Waals surface area contributed by atoms with E-state index in [0.29, 0.717) is 12.2 Å². The fraction of sp³-hybridized carbons (Fsp3) is 1.00. The average Bonchev–Trinajstić information content (AvgIpc) is 2.41. The molecule has 118 valence electrons. The van der Waals surface area contributed by atoms with Gasteiger partial charge in [-0.2, -0.15) is 0 Å². The molecule has 4 heteroatoms. The molecule has 2 rings (SSSR count). The van der Waals surface area contributed by atoms with Gasteiger partial charge in [0.05, 0.1) is 12.2 Å². The van der Waals surface area contributed by atoms with Crippen molar-refractivity contribution in [2.24, 2.45) is 11.1 Å². The summed E-state index contributed by atoms with van der Waals surface area (Å²) in [6, 6.07) is 0. The van der Waals surface area contributed by atoms with Gasteiger partial charge in [0.1, 0.15) is 0 Å². The first-order chi connectivity index (χ1) is 9.43. The third-order valence-corrected chi connectivity index (χ3v) is 5.45. The van der Waals surface area contributed by atoms with Gasteiger partial charge in [0.15, 0.2) is 0 Å². The van der Waals surface area contributed by atoms with Gasteiger partial charge in [-0.1, -0.05) is 13.8 Å². The van der Waals surface area contributed by atoms with E-state index in [4.69, 9.17) is 15.2 Å². The van der Waals surface area contributed by atoms with E-state index >= 15 is 0 Å². The molecular formula is C16H32N2O2. The number of nitrogens with two attached hydrogens (primary N) is 1. The van der Waals surface area contributed by atoms with Crippen LogP contribution in [0.25, 0.3) is 0 Å². The van der Waals surface area contributed by atoms with E-state index in [1.54, 1.807) is 0 Å². The van der Waals surface area contributed by atoms with Gasteiger partial charge in [-0.25, -0.2) is 0 Å². The number of likely N-dealkylation sites (tertiary alicyclic amines) is 1. The van der Waals surface area contributed by atoms with Crippen LogP contribution in [-0.4, -0.2) is 55.5 Å². The van der Waals surface area contributed by atoms with Crippen molar-refractivity contribution in [3.63, 3.8) is 0 Å². The van der Waals surface area contributed by atoms with Gasteiger partial charge in [0.2, 0.25) is 0 Å². The van der Waals surface area contributed by atoms with Gasteiger partial charge in [-0.15, -0.1) is 0 Å². The first-order valence-corrected chi connectivity index (χ1v) is 8.17. The van der Waals surface area contributed by atoms with Crippen LogP contribution in [0.2, 0.25) is 0 Å². The lowest BCUT2D eigenvalue weighted by molar-refractivity contribution is -0.158. The van der Waals surface area contributed by atoms with Gasteiger partial charge >= 0.3 is 0 Å². The van der Waals surface area contributed by atoms with Crippen LogP contribution in [0.15, 0.2) is 0 Å². The molecule has 2 fully saturated rings. The van der Waals surface area contributed by atoms with Crippen LogP contribution in [-0.2, 0) is 9.47 Å². The van der Waals surface area contributed by atoms with Crippen LogP contribution in [0.4, 0.5) is 0 Å². The lowest BCUT2D eigenvalue weighted by Gasteiger charge is -2.60. The minimum Gasteiger partial charge on any atom is -0.378 e. The first kappa shape index (κ1) is 16.2. The molecule has 0 amide bonds. The SMILES string of the molecule is CCOC1CCN(CC2(N)CC(OCC)C2(C)C)CC1. The molecule has 0 aromatic carbocycles. The number of hydrogen-bond acceptors (Lipinski definition) is 4. The third kappa shape index (κ3) is 3.03. The molecule has 0 aromatic rings. The highest BCUT2D eigenvalue weighted by Gasteiger charge is 2.58. The minimum atomic E-state index is -0.106. The monoisotopic (exact) mass is 284 g/mol. The molecule has 4 nitrogen and oxygen atoms in total. The van der Waals surface area contributed by atoms with Crippen LogP contribution in [0.5, 0.6) is 0 Å². The van der Waals surface area contributed by atoms with Gasteiger partial charge in [-0.05, 0) is 33.1 Å². The molecule has 2 aliphatic rings.